The monoisotopic (exact) mass is 808 g/mol. The minimum atomic E-state index is -1.15. The Balaban J connectivity index is 0. The number of carboxylic acid groups (broad SMARTS) is 3. The second kappa shape index (κ2) is 23.4. The van der Waals surface area contributed by atoms with Gasteiger partial charge in [-0.25, -0.2) is 0 Å². The Morgan fingerprint density at radius 3 is 1.47 bits per heavy atom. The zero-order valence-electron chi connectivity index (χ0n) is 28.4. The van der Waals surface area contributed by atoms with Gasteiger partial charge in [-0.15, -0.1) is 0 Å². The molecule has 0 saturated carbocycles. The number of nitrogens with one attached hydrogen (secondary N) is 3. The van der Waals surface area contributed by atoms with Crippen molar-refractivity contribution >= 4 is 71.7 Å². The number of alkyl carbamates (subject to hydrolysis) is 1. The number of hydrogen-bond donors (Lipinski definition) is 7. The van der Waals surface area contributed by atoms with Crippen LogP contribution in [0, 0.1) is 0 Å². The summed E-state index contributed by atoms with van der Waals surface area (Å²) in [6, 6.07) is -4.13. The third-order valence-corrected chi connectivity index (χ3v) is 8.22. The molecule has 0 aliphatic rings. The number of carboxylic acids is 3. The van der Waals surface area contributed by atoms with Crippen molar-refractivity contribution in [2.24, 2.45) is 5.73 Å². The van der Waals surface area contributed by atoms with Crippen molar-refractivity contribution < 1.29 is 58.4 Å². The van der Waals surface area contributed by atoms with E-state index < -0.39 is 77.2 Å². The molecule has 0 radical (unpaired) electrons. The summed E-state index contributed by atoms with van der Waals surface area (Å²) >= 11 is 0.604. The summed E-state index contributed by atoms with van der Waals surface area (Å²) < 4.78 is 10.4. The van der Waals surface area contributed by atoms with Crippen LogP contribution in [-0.2, 0) is 38.2 Å². The molecule has 0 heterocycles. The van der Waals surface area contributed by atoms with Gasteiger partial charge >= 0.3 is 289 Å². The van der Waals surface area contributed by atoms with E-state index in [4.69, 9.17) is 25.4 Å². The fraction of sp³-hybridized carbons (Fsp3) is 0.759. The van der Waals surface area contributed by atoms with E-state index in [0.717, 1.165) is 5.32 Å². The summed E-state index contributed by atoms with van der Waals surface area (Å²) in [5.74, 6) is -1.16. The number of rotatable bonds is 19. The van der Waals surface area contributed by atoms with Gasteiger partial charge in [0.15, 0.2) is 0 Å². The molecule has 4 atom stereocenters. The van der Waals surface area contributed by atoms with Gasteiger partial charge in [0.1, 0.15) is 0 Å². The van der Waals surface area contributed by atoms with Crippen molar-refractivity contribution in [3.05, 3.63) is 0 Å². The number of carbonyl (C=O) groups is 7. The summed E-state index contributed by atoms with van der Waals surface area (Å²) in [5.41, 5.74) is 4.03. The Bertz CT molecular complexity index is 1050. The third kappa shape index (κ3) is 25.8. The second-order valence-electron chi connectivity index (χ2n) is 12.2. The van der Waals surface area contributed by atoms with Gasteiger partial charge in [-0.3, -0.25) is 0 Å². The molecule has 8 N–H and O–H groups in total. The standard InChI is InChI=1S/C19H34N2O7Se.C10H18N2O5Se/c1-18(2,3)27-14(22)9-8-12(21-17(26)28-19(4,5)6)15(23)20-13(16(24)25)10-11-29-7;1-18-5-4-7(10(16)17)12-9(15)6(11)2-3-8(13)14/h12-13H,8-11H2,1-7H3,(H,20,23)(H,21,26)(H,24,25);6-7H,2-5,11H2,1H3,(H,12,15)(H,13,14)(H,16,17)/t12-,13-;6-,7-/m00/s1. The molecule has 18 heteroatoms. The Morgan fingerprint density at radius 1 is 0.638 bits per heavy atom. The summed E-state index contributed by atoms with van der Waals surface area (Å²) in [4.78, 5) is 80.9. The van der Waals surface area contributed by atoms with Crippen LogP contribution in [0.5, 0.6) is 0 Å². The van der Waals surface area contributed by atoms with Gasteiger partial charge in [-0.05, 0) is 0 Å². The summed E-state index contributed by atoms with van der Waals surface area (Å²) in [6.07, 6.45) is -0.572. The first-order valence-corrected chi connectivity index (χ1v) is 20.6. The molecule has 0 fully saturated rings. The Labute approximate surface area is 288 Å². The van der Waals surface area contributed by atoms with Crippen LogP contribution in [0.1, 0.15) is 80.1 Å². The van der Waals surface area contributed by atoms with Crippen LogP contribution >= 0.6 is 0 Å². The van der Waals surface area contributed by atoms with Crippen molar-refractivity contribution in [3.8, 4) is 0 Å². The predicted octanol–water partition coefficient (Wildman–Crippen LogP) is 1.44. The van der Waals surface area contributed by atoms with E-state index in [0.29, 0.717) is 33.1 Å². The van der Waals surface area contributed by atoms with Gasteiger partial charge in [0.25, 0.3) is 0 Å². The maximum absolute atomic E-state index is 12.6. The van der Waals surface area contributed by atoms with E-state index in [1.807, 2.05) is 11.6 Å². The first kappa shape index (κ1) is 46.2. The van der Waals surface area contributed by atoms with Crippen molar-refractivity contribution in [3.63, 3.8) is 0 Å². The summed E-state index contributed by atoms with van der Waals surface area (Å²) in [6.45, 7) is 10.2. The van der Waals surface area contributed by atoms with Crippen LogP contribution in [0.3, 0.4) is 0 Å². The van der Waals surface area contributed by atoms with Crippen LogP contribution in [0.15, 0.2) is 0 Å². The van der Waals surface area contributed by atoms with Crippen molar-refractivity contribution in [1.82, 2.24) is 16.0 Å². The number of aliphatic carboxylic acids is 3. The normalized spacial score (nSPS) is 13.7. The van der Waals surface area contributed by atoms with Gasteiger partial charge in [0, 0.05) is 0 Å². The van der Waals surface area contributed by atoms with E-state index in [1.165, 1.54) is 0 Å². The number of esters is 1. The van der Waals surface area contributed by atoms with Crippen molar-refractivity contribution in [2.75, 3.05) is 0 Å². The molecule has 3 amide bonds. The molecule has 0 rings (SSSR count). The Hall–Kier alpha value is -2.91. The molecule has 0 unspecified atom stereocenters. The SMILES string of the molecule is C[Se]CC[C@H](NC(=O)[C@@H](N)CCC(=O)O)C(=O)O.C[Se]CC[C@H](NC(=O)[C@H](CCC(=O)OC(C)(C)C)NC(=O)OC(C)(C)C)C(=O)O. The number of amides is 3. The molecular formula is C29H52N4O12Se2. The van der Waals surface area contributed by atoms with Gasteiger partial charge in [0.2, 0.25) is 0 Å². The summed E-state index contributed by atoms with van der Waals surface area (Å²) in [5, 5.41) is 35.3. The molecule has 0 aromatic heterocycles. The van der Waals surface area contributed by atoms with Crippen molar-refractivity contribution in [2.45, 2.75) is 138 Å². The maximum atomic E-state index is 12.6. The van der Waals surface area contributed by atoms with Gasteiger partial charge in [-0.1, -0.05) is 0 Å². The number of carbonyl (C=O) groups excluding carboxylic acids is 4. The van der Waals surface area contributed by atoms with Crippen LogP contribution in [-0.4, -0.2) is 122 Å². The average molecular weight is 807 g/mol. The molecule has 0 aliphatic heterocycles. The van der Waals surface area contributed by atoms with E-state index >= 15 is 0 Å². The Kier molecular flexibility index (Phi) is 23.0. The molecule has 16 nitrogen and oxygen atoms in total. The Morgan fingerprint density at radius 2 is 1.09 bits per heavy atom. The molecule has 272 valence electrons. The second-order valence-corrected chi connectivity index (χ2v) is 16.4. The van der Waals surface area contributed by atoms with Gasteiger partial charge < -0.3 is 0 Å². The van der Waals surface area contributed by atoms with Gasteiger partial charge in [-0.2, -0.15) is 0 Å². The number of ether oxygens (including phenoxy) is 2. The van der Waals surface area contributed by atoms with E-state index in [2.05, 4.69) is 16.0 Å². The summed E-state index contributed by atoms with van der Waals surface area (Å²) in [7, 11) is 0. The number of nitrogens with two attached hydrogens (primary N) is 1. The predicted molar refractivity (Wildman–Crippen MR) is 174 cm³/mol. The van der Waals surface area contributed by atoms with E-state index in [-0.39, 0.29) is 40.6 Å². The minimum absolute atomic E-state index is 0.00871. The number of hydrogen-bond acceptors (Lipinski definition) is 10. The van der Waals surface area contributed by atoms with E-state index in [9.17, 15) is 38.7 Å². The first-order chi connectivity index (χ1) is 21.5. The molecule has 0 spiro atoms. The fourth-order valence-electron chi connectivity index (χ4n) is 3.32. The zero-order chi connectivity index (χ0) is 37.0. The fourth-order valence-corrected chi connectivity index (χ4v) is 5.30. The average Bonchev–Trinajstić information content (AvgIpc) is 2.91. The van der Waals surface area contributed by atoms with Crippen LogP contribution in [0.2, 0.25) is 22.3 Å². The third-order valence-electron chi connectivity index (χ3n) is 5.52. The molecule has 0 aliphatic carbocycles. The molecule has 47 heavy (non-hydrogen) atoms. The van der Waals surface area contributed by atoms with Crippen LogP contribution in [0.4, 0.5) is 4.79 Å². The quantitative estimate of drug-likeness (QED) is 0.0721. The van der Waals surface area contributed by atoms with Crippen LogP contribution in [0.25, 0.3) is 0 Å². The molecule has 0 bridgehead atoms. The molecule has 0 aromatic carbocycles. The van der Waals surface area contributed by atoms with Gasteiger partial charge in [0.05, 0.1) is 0 Å². The molecular weight excluding hydrogens is 754 g/mol. The van der Waals surface area contributed by atoms with Crippen molar-refractivity contribution in [1.29, 1.82) is 0 Å². The molecule has 0 saturated heterocycles. The van der Waals surface area contributed by atoms with E-state index in [1.54, 1.807) is 41.5 Å². The van der Waals surface area contributed by atoms with Crippen LogP contribution < -0.4 is 21.7 Å². The topological polar surface area (TPSA) is 261 Å². The zero-order valence-corrected chi connectivity index (χ0v) is 31.8. The molecule has 0 aromatic rings. The first-order valence-electron chi connectivity index (χ1n) is 14.8.